The van der Waals surface area contributed by atoms with E-state index in [9.17, 15) is 13.2 Å². The molecule has 1 aromatic heterocycles. The van der Waals surface area contributed by atoms with Gasteiger partial charge in [-0.05, 0) is 55.3 Å². The third kappa shape index (κ3) is 5.81. The van der Waals surface area contributed by atoms with Crippen molar-refractivity contribution in [2.24, 2.45) is 0 Å². The number of nitrogens with zero attached hydrogens (tertiary/aromatic N) is 2. The topological polar surface area (TPSA) is 110 Å². The Morgan fingerprint density at radius 1 is 0.917 bits per heavy atom. The monoisotopic (exact) mass is 522 g/mol. The van der Waals surface area contributed by atoms with Gasteiger partial charge in [-0.2, -0.15) is 4.98 Å². The molecule has 10 heteroatoms. The minimum atomic E-state index is -4.10. The summed E-state index contributed by atoms with van der Waals surface area (Å²) in [5.74, 6) is -0.0202. The highest BCUT2D eigenvalue weighted by Gasteiger charge is 2.20. The summed E-state index contributed by atoms with van der Waals surface area (Å²) in [6.07, 6.45) is 0. The molecular formula is C26H23ClN4O4S. The van der Waals surface area contributed by atoms with Crippen LogP contribution >= 0.6 is 11.6 Å². The van der Waals surface area contributed by atoms with E-state index in [2.05, 4.69) is 20.0 Å². The van der Waals surface area contributed by atoms with E-state index in [0.717, 1.165) is 16.7 Å². The van der Waals surface area contributed by atoms with Gasteiger partial charge < -0.3 is 10.1 Å². The number of rotatable bonds is 7. The highest BCUT2D eigenvalue weighted by molar-refractivity contribution is 7.92. The highest BCUT2D eigenvalue weighted by Crippen LogP contribution is 2.33. The van der Waals surface area contributed by atoms with E-state index in [4.69, 9.17) is 16.3 Å². The number of carbonyl (C=O) groups is 1. The zero-order chi connectivity index (χ0) is 25.9. The Morgan fingerprint density at radius 3 is 2.31 bits per heavy atom. The van der Waals surface area contributed by atoms with Gasteiger partial charge in [-0.1, -0.05) is 48.0 Å². The maximum Gasteiger partial charge on any atom is 0.264 e. The molecule has 0 bridgehead atoms. The minimum Gasteiger partial charge on any atom is -0.437 e. The SMILES string of the molecule is CC(=O)Nc1cccc(S(=O)(=O)Nc2nc(Oc3ccccc3Cl)cc(-c3c(C)cccc3C)n2)c1. The molecule has 0 aliphatic rings. The van der Waals surface area contributed by atoms with E-state index in [1.54, 1.807) is 36.4 Å². The van der Waals surface area contributed by atoms with Crippen molar-refractivity contribution >= 4 is 39.2 Å². The number of anilines is 2. The first kappa shape index (κ1) is 25.2. The van der Waals surface area contributed by atoms with Gasteiger partial charge in [0.25, 0.3) is 10.0 Å². The van der Waals surface area contributed by atoms with Crippen LogP contribution in [0.5, 0.6) is 11.6 Å². The van der Waals surface area contributed by atoms with Crippen LogP contribution in [0.3, 0.4) is 0 Å². The highest BCUT2D eigenvalue weighted by atomic mass is 35.5. The number of sulfonamides is 1. The van der Waals surface area contributed by atoms with Crippen LogP contribution in [0, 0.1) is 13.8 Å². The average Bonchev–Trinajstić information content (AvgIpc) is 2.80. The van der Waals surface area contributed by atoms with Crippen molar-refractivity contribution < 1.29 is 17.9 Å². The van der Waals surface area contributed by atoms with Gasteiger partial charge in [-0.25, -0.2) is 18.1 Å². The van der Waals surface area contributed by atoms with Crippen LogP contribution in [-0.2, 0) is 14.8 Å². The number of halogens is 1. The van der Waals surface area contributed by atoms with Crippen LogP contribution in [-0.4, -0.2) is 24.3 Å². The van der Waals surface area contributed by atoms with Crippen molar-refractivity contribution in [1.29, 1.82) is 0 Å². The molecule has 3 aromatic carbocycles. The molecule has 184 valence electrons. The second-order valence-electron chi connectivity index (χ2n) is 8.03. The number of carbonyl (C=O) groups excluding carboxylic acids is 1. The number of nitrogens with one attached hydrogen (secondary N) is 2. The second-order valence-corrected chi connectivity index (χ2v) is 10.1. The maximum absolute atomic E-state index is 13.2. The third-order valence-corrected chi connectivity index (χ3v) is 6.82. The average molecular weight is 523 g/mol. The number of aryl methyl sites for hydroxylation is 2. The molecule has 1 heterocycles. The molecule has 0 fully saturated rings. The lowest BCUT2D eigenvalue weighted by Gasteiger charge is -2.14. The van der Waals surface area contributed by atoms with Crippen LogP contribution < -0.4 is 14.8 Å². The zero-order valence-electron chi connectivity index (χ0n) is 19.7. The number of para-hydroxylation sites is 1. The molecule has 1 amide bonds. The molecule has 8 nitrogen and oxygen atoms in total. The predicted molar refractivity (Wildman–Crippen MR) is 140 cm³/mol. The summed E-state index contributed by atoms with van der Waals surface area (Å²) in [4.78, 5) is 20.1. The fourth-order valence-electron chi connectivity index (χ4n) is 3.63. The molecule has 0 aliphatic heterocycles. The van der Waals surface area contributed by atoms with Crippen molar-refractivity contribution in [3.05, 3.63) is 88.9 Å². The summed E-state index contributed by atoms with van der Waals surface area (Å²) >= 11 is 6.25. The molecule has 0 unspecified atom stereocenters. The Bertz CT molecular complexity index is 1540. The number of aromatic nitrogens is 2. The fraction of sp³-hybridized carbons (Fsp3) is 0.115. The summed E-state index contributed by atoms with van der Waals surface area (Å²) < 4.78 is 34.7. The number of hydrogen-bond donors (Lipinski definition) is 2. The van der Waals surface area contributed by atoms with Crippen LogP contribution in [0.1, 0.15) is 18.1 Å². The first-order valence-electron chi connectivity index (χ1n) is 10.9. The van der Waals surface area contributed by atoms with Crippen LogP contribution in [0.25, 0.3) is 11.3 Å². The van der Waals surface area contributed by atoms with E-state index >= 15 is 0 Å². The molecule has 0 spiro atoms. The molecule has 0 saturated carbocycles. The first-order chi connectivity index (χ1) is 17.1. The lowest BCUT2D eigenvalue weighted by Crippen LogP contribution is -2.16. The smallest absolute Gasteiger partial charge is 0.264 e. The number of hydrogen-bond acceptors (Lipinski definition) is 6. The quantitative estimate of drug-likeness (QED) is 0.309. The van der Waals surface area contributed by atoms with Crippen molar-refractivity contribution in [3.8, 4) is 22.9 Å². The lowest BCUT2D eigenvalue weighted by atomic mass is 10.00. The zero-order valence-corrected chi connectivity index (χ0v) is 21.3. The summed E-state index contributed by atoms with van der Waals surface area (Å²) in [7, 11) is -4.10. The lowest BCUT2D eigenvalue weighted by molar-refractivity contribution is -0.114. The molecule has 0 saturated heterocycles. The Kier molecular flexibility index (Phi) is 7.23. The van der Waals surface area contributed by atoms with Crippen LogP contribution in [0.15, 0.2) is 77.7 Å². The molecule has 4 aromatic rings. The Labute approximate surface area is 214 Å². The van der Waals surface area contributed by atoms with E-state index in [-0.39, 0.29) is 22.6 Å². The normalized spacial score (nSPS) is 11.1. The van der Waals surface area contributed by atoms with Crippen LogP contribution in [0.2, 0.25) is 5.02 Å². The minimum absolute atomic E-state index is 0.0663. The van der Waals surface area contributed by atoms with E-state index in [1.807, 2.05) is 32.0 Å². The van der Waals surface area contributed by atoms with Crippen molar-refractivity contribution in [2.75, 3.05) is 10.0 Å². The second kappa shape index (κ2) is 10.3. The van der Waals surface area contributed by atoms with Crippen molar-refractivity contribution in [2.45, 2.75) is 25.7 Å². The van der Waals surface area contributed by atoms with Crippen LogP contribution in [0.4, 0.5) is 11.6 Å². The maximum atomic E-state index is 13.2. The number of benzene rings is 3. The Morgan fingerprint density at radius 2 is 1.61 bits per heavy atom. The summed E-state index contributed by atoms with van der Waals surface area (Å²) in [5.41, 5.74) is 3.56. The van der Waals surface area contributed by atoms with E-state index < -0.39 is 10.0 Å². The molecule has 0 aliphatic carbocycles. The fourth-order valence-corrected chi connectivity index (χ4v) is 4.80. The van der Waals surface area contributed by atoms with Gasteiger partial charge in [-0.15, -0.1) is 0 Å². The van der Waals surface area contributed by atoms with Gasteiger partial charge in [0, 0.05) is 24.2 Å². The first-order valence-corrected chi connectivity index (χ1v) is 12.8. The van der Waals surface area contributed by atoms with Crippen molar-refractivity contribution in [1.82, 2.24) is 9.97 Å². The molecular weight excluding hydrogens is 500 g/mol. The van der Waals surface area contributed by atoms with Gasteiger partial charge in [0.2, 0.25) is 17.7 Å². The van der Waals surface area contributed by atoms with Gasteiger partial charge in [0.05, 0.1) is 15.6 Å². The third-order valence-electron chi connectivity index (χ3n) is 5.18. The molecule has 2 N–H and O–H groups in total. The van der Waals surface area contributed by atoms with Gasteiger partial charge in [0.1, 0.15) is 5.75 Å². The van der Waals surface area contributed by atoms with Gasteiger partial charge in [-0.3, -0.25) is 4.79 Å². The van der Waals surface area contributed by atoms with E-state index in [1.165, 1.54) is 25.1 Å². The Hall–Kier alpha value is -3.95. The molecule has 0 atom stereocenters. The molecule has 4 rings (SSSR count). The summed E-state index contributed by atoms with van der Waals surface area (Å²) in [6, 6.07) is 20.2. The number of amides is 1. The summed E-state index contributed by atoms with van der Waals surface area (Å²) in [5, 5.41) is 2.95. The standard InChI is InChI=1S/C26H23ClN4O4S/c1-16-8-6-9-17(2)25(16)22-15-24(35-23-13-5-4-12-21(23)27)30-26(29-22)31-36(33,34)20-11-7-10-19(14-20)28-18(3)32/h4-15H,1-3H3,(H,28,32)(H,29,30,31). The van der Waals surface area contributed by atoms with Crippen molar-refractivity contribution in [3.63, 3.8) is 0 Å². The Balaban J connectivity index is 1.78. The van der Waals surface area contributed by atoms with E-state index in [0.29, 0.717) is 22.2 Å². The molecule has 0 radical (unpaired) electrons. The largest absolute Gasteiger partial charge is 0.437 e. The predicted octanol–water partition coefficient (Wildman–Crippen LogP) is 5.97. The van der Waals surface area contributed by atoms with Gasteiger partial charge >= 0.3 is 0 Å². The number of ether oxygens (including phenoxy) is 1. The van der Waals surface area contributed by atoms with Gasteiger partial charge in [0.15, 0.2) is 0 Å². The summed E-state index contributed by atoms with van der Waals surface area (Å²) in [6.45, 7) is 5.22. The molecule has 36 heavy (non-hydrogen) atoms.